The molecule has 2 aromatic heterocycles. The van der Waals surface area contributed by atoms with Gasteiger partial charge in [-0.1, -0.05) is 71.8 Å². The molecule has 186 valence electrons. The van der Waals surface area contributed by atoms with Crippen molar-refractivity contribution >= 4 is 27.5 Å². The molecule has 0 aliphatic rings. The van der Waals surface area contributed by atoms with Crippen LogP contribution < -0.4 is 16.6 Å². The summed E-state index contributed by atoms with van der Waals surface area (Å²) in [5.41, 5.74) is 5.52. The minimum absolute atomic E-state index is 0.0917. The largest absolute Gasteiger partial charge is 0.352 e. The number of aryl methyl sites for hydroxylation is 2. The van der Waals surface area contributed by atoms with Gasteiger partial charge in [0.05, 0.1) is 24.2 Å². The number of hydrogen-bond donors (Lipinski definition) is 1. The average molecular weight is 510 g/mol. The van der Waals surface area contributed by atoms with Gasteiger partial charge in [-0.3, -0.25) is 14.2 Å². The molecule has 37 heavy (non-hydrogen) atoms. The van der Waals surface area contributed by atoms with Gasteiger partial charge in [0.25, 0.3) is 5.56 Å². The molecule has 0 saturated carbocycles. The van der Waals surface area contributed by atoms with Gasteiger partial charge in [-0.25, -0.2) is 9.36 Å². The summed E-state index contributed by atoms with van der Waals surface area (Å²) in [7, 11) is 0. The Morgan fingerprint density at radius 3 is 2.30 bits per heavy atom. The van der Waals surface area contributed by atoms with Crippen molar-refractivity contribution in [1.29, 1.82) is 0 Å². The molecule has 0 fully saturated rings. The fraction of sp³-hybridized carbons (Fsp3) is 0.167. The third-order valence-corrected chi connectivity index (χ3v) is 7.24. The molecular formula is C30H27N3O3S. The average Bonchev–Trinajstić information content (AvgIpc) is 3.38. The van der Waals surface area contributed by atoms with Crippen LogP contribution in [0.4, 0.5) is 0 Å². The van der Waals surface area contributed by atoms with Gasteiger partial charge in [-0.2, -0.15) is 0 Å². The Balaban J connectivity index is 1.39. The Morgan fingerprint density at radius 2 is 1.57 bits per heavy atom. The molecule has 0 spiro atoms. The first-order valence-electron chi connectivity index (χ1n) is 12.1. The Morgan fingerprint density at radius 1 is 0.838 bits per heavy atom. The lowest BCUT2D eigenvalue weighted by Crippen LogP contribution is -2.38. The third kappa shape index (κ3) is 5.32. The molecule has 0 aliphatic heterocycles. The minimum Gasteiger partial charge on any atom is -0.352 e. The van der Waals surface area contributed by atoms with E-state index in [-0.39, 0.29) is 23.6 Å². The summed E-state index contributed by atoms with van der Waals surface area (Å²) in [6.07, 6.45) is 0.211. The molecule has 5 aromatic rings. The second-order valence-corrected chi connectivity index (χ2v) is 10.2. The fourth-order valence-corrected chi connectivity index (χ4v) is 5.20. The van der Waals surface area contributed by atoms with Gasteiger partial charge in [0, 0.05) is 6.54 Å². The number of thiophene rings is 1. The van der Waals surface area contributed by atoms with E-state index in [9.17, 15) is 14.4 Å². The second kappa shape index (κ2) is 10.4. The number of amides is 1. The van der Waals surface area contributed by atoms with Gasteiger partial charge in [0.1, 0.15) is 4.70 Å². The highest BCUT2D eigenvalue weighted by Crippen LogP contribution is 2.18. The van der Waals surface area contributed by atoms with Gasteiger partial charge in [0.2, 0.25) is 5.91 Å². The predicted octanol–water partition coefficient (Wildman–Crippen LogP) is 4.74. The van der Waals surface area contributed by atoms with Crippen molar-refractivity contribution in [3.05, 3.63) is 133 Å². The number of nitrogens with one attached hydrogen (secondary N) is 1. The second-order valence-electron chi connectivity index (χ2n) is 9.24. The van der Waals surface area contributed by atoms with Crippen LogP contribution in [0, 0.1) is 13.8 Å². The normalized spacial score (nSPS) is 11.1. The molecule has 1 amide bonds. The zero-order chi connectivity index (χ0) is 25.9. The topological polar surface area (TPSA) is 73.1 Å². The highest BCUT2D eigenvalue weighted by Gasteiger charge is 2.16. The lowest BCUT2D eigenvalue weighted by Gasteiger charge is -2.13. The van der Waals surface area contributed by atoms with Crippen LogP contribution in [0.5, 0.6) is 0 Å². The standard InChI is InChI=1S/C30H27N3O3S/c1-20-6-8-23(9-7-20)18-31-27(34)17-22-10-12-25(13-11-22)33-29(35)28-26(14-15-37-28)32(30(33)36)19-24-5-3-4-21(2)16-24/h3-16H,17-19H2,1-2H3,(H,31,34). The summed E-state index contributed by atoms with van der Waals surface area (Å²) in [5.74, 6) is -0.0917. The SMILES string of the molecule is Cc1ccc(CNC(=O)Cc2ccc(-n3c(=O)c4sccc4n(Cc4cccc(C)c4)c3=O)cc2)cc1. The van der Waals surface area contributed by atoms with E-state index in [1.807, 2.05) is 73.8 Å². The van der Waals surface area contributed by atoms with Crippen molar-refractivity contribution < 1.29 is 4.79 Å². The summed E-state index contributed by atoms with van der Waals surface area (Å²) < 4.78 is 3.40. The summed E-state index contributed by atoms with van der Waals surface area (Å²) >= 11 is 1.33. The van der Waals surface area contributed by atoms with Gasteiger partial charge in [-0.05, 0) is 54.1 Å². The number of nitrogens with zero attached hydrogens (tertiary/aromatic N) is 2. The Labute approximate surface area is 218 Å². The predicted molar refractivity (Wildman–Crippen MR) is 149 cm³/mol. The van der Waals surface area contributed by atoms with Crippen molar-refractivity contribution in [1.82, 2.24) is 14.5 Å². The Bertz CT molecular complexity index is 1690. The molecule has 5 rings (SSSR count). The molecule has 0 bridgehead atoms. The van der Waals surface area contributed by atoms with Crippen LogP contribution in [0.1, 0.15) is 27.8 Å². The first-order chi connectivity index (χ1) is 17.9. The molecule has 0 unspecified atom stereocenters. The number of hydrogen-bond acceptors (Lipinski definition) is 4. The highest BCUT2D eigenvalue weighted by molar-refractivity contribution is 7.17. The van der Waals surface area contributed by atoms with E-state index >= 15 is 0 Å². The fourth-order valence-electron chi connectivity index (χ4n) is 4.38. The molecule has 0 atom stereocenters. The maximum Gasteiger partial charge on any atom is 0.336 e. The molecule has 3 aromatic carbocycles. The minimum atomic E-state index is -0.388. The van der Waals surface area contributed by atoms with E-state index in [0.29, 0.717) is 29.0 Å². The zero-order valence-electron chi connectivity index (χ0n) is 20.7. The Kier molecular flexibility index (Phi) is 6.88. The van der Waals surface area contributed by atoms with Crippen molar-refractivity contribution in [2.45, 2.75) is 33.4 Å². The van der Waals surface area contributed by atoms with E-state index in [4.69, 9.17) is 0 Å². The van der Waals surface area contributed by atoms with E-state index in [2.05, 4.69) is 5.32 Å². The molecule has 2 heterocycles. The number of fused-ring (bicyclic) bond motifs is 1. The van der Waals surface area contributed by atoms with Gasteiger partial charge in [0.15, 0.2) is 0 Å². The Hall–Kier alpha value is -4.23. The van der Waals surface area contributed by atoms with Crippen LogP contribution in [0.3, 0.4) is 0 Å². The molecule has 0 saturated heterocycles. The number of carbonyl (C=O) groups is 1. The molecule has 1 N–H and O–H groups in total. The summed E-state index contributed by atoms with van der Waals surface area (Å²) in [6, 6.07) is 24.9. The van der Waals surface area contributed by atoms with E-state index in [1.165, 1.54) is 21.5 Å². The van der Waals surface area contributed by atoms with Crippen LogP contribution in [0.2, 0.25) is 0 Å². The van der Waals surface area contributed by atoms with Crippen molar-refractivity contribution in [3.63, 3.8) is 0 Å². The monoisotopic (exact) mass is 509 g/mol. The number of rotatable bonds is 7. The lowest BCUT2D eigenvalue weighted by atomic mass is 10.1. The third-order valence-electron chi connectivity index (χ3n) is 6.35. The van der Waals surface area contributed by atoms with Crippen molar-refractivity contribution in [3.8, 4) is 5.69 Å². The maximum absolute atomic E-state index is 13.6. The summed E-state index contributed by atoms with van der Waals surface area (Å²) in [4.78, 5) is 39.3. The zero-order valence-corrected chi connectivity index (χ0v) is 21.5. The molecule has 7 heteroatoms. The van der Waals surface area contributed by atoms with Crippen LogP contribution in [-0.4, -0.2) is 15.0 Å². The number of benzene rings is 3. The van der Waals surface area contributed by atoms with E-state index < -0.39 is 0 Å². The van der Waals surface area contributed by atoms with Gasteiger partial charge in [-0.15, -0.1) is 11.3 Å². The van der Waals surface area contributed by atoms with Gasteiger partial charge >= 0.3 is 5.69 Å². The number of carbonyl (C=O) groups excluding carboxylic acids is 1. The molecular weight excluding hydrogens is 482 g/mol. The van der Waals surface area contributed by atoms with E-state index in [1.54, 1.807) is 28.8 Å². The summed E-state index contributed by atoms with van der Waals surface area (Å²) in [5, 5.41) is 4.77. The maximum atomic E-state index is 13.6. The first-order valence-corrected chi connectivity index (χ1v) is 13.0. The van der Waals surface area contributed by atoms with Crippen molar-refractivity contribution in [2.75, 3.05) is 0 Å². The van der Waals surface area contributed by atoms with E-state index in [0.717, 1.165) is 22.3 Å². The highest BCUT2D eigenvalue weighted by atomic mass is 32.1. The number of aromatic nitrogens is 2. The first kappa shape index (κ1) is 24.5. The molecule has 0 aliphatic carbocycles. The van der Waals surface area contributed by atoms with Crippen LogP contribution in [-0.2, 0) is 24.3 Å². The van der Waals surface area contributed by atoms with Crippen LogP contribution >= 0.6 is 11.3 Å². The quantitative estimate of drug-likeness (QED) is 0.345. The van der Waals surface area contributed by atoms with Crippen LogP contribution in [0.25, 0.3) is 15.9 Å². The lowest BCUT2D eigenvalue weighted by molar-refractivity contribution is -0.120. The molecule has 6 nitrogen and oxygen atoms in total. The smallest absolute Gasteiger partial charge is 0.336 e. The van der Waals surface area contributed by atoms with Crippen molar-refractivity contribution in [2.24, 2.45) is 0 Å². The summed E-state index contributed by atoms with van der Waals surface area (Å²) in [6.45, 7) is 4.87. The van der Waals surface area contributed by atoms with Crippen LogP contribution in [0.15, 0.2) is 93.8 Å². The van der Waals surface area contributed by atoms with Gasteiger partial charge < -0.3 is 5.32 Å². The molecule has 0 radical (unpaired) electrons.